The molecule has 0 saturated heterocycles. The lowest BCUT2D eigenvalue weighted by molar-refractivity contribution is 0.874. The van der Waals surface area contributed by atoms with Gasteiger partial charge in [0.1, 0.15) is 5.52 Å². The molecule has 3 N–H and O–H groups in total. The normalized spacial score (nSPS) is 12.3. The molecular weight excluding hydrogens is 332 g/mol. The van der Waals surface area contributed by atoms with Crippen molar-refractivity contribution in [3.8, 4) is 0 Å². The molecule has 0 aliphatic rings. The number of aromatic nitrogens is 4. The van der Waals surface area contributed by atoms with Gasteiger partial charge >= 0.3 is 0 Å². The summed E-state index contributed by atoms with van der Waals surface area (Å²) in [6.45, 7) is 2.09. The minimum Gasteiger partial charge on any atom is -0.362 e. The summed E-state index contributed by atoms with van der Waals surface area (Å²) in [5.41, 5.74) is 2.61. The summed E-state index contributed by atoms with van der Waals surface area (Å²) in [6, 6.07) is 8.29. The Bertz CT molecular complexity index is 769. The van der Waals surface area contributed by atoms with Crippen molar-refractivity contribution in [2.24, 2.45) is 0 Å². The number of nitrogens with one attached hydrogen (secondary N) is 3. The lowest BCUT2D eigenvalue weighted by atomic mass is 10.1. The molecule has 1 unspecified atom stereocenters. The molecule has 0 aliphatic heterocycles. The van der Waals surface area contributed by atoms with Gasteiger partial charge in [-0.25, -0.2) is 4.98 Å². The van der Waals surface area contributed by atoms with Crippen molar-refractivity contribution >= 4 is 38.9 Å². The van der Waals surface area contributed by atoms with E-state index in [1.54, 1.807) is 13.4 Å². The van der Waals surface area contributed by atoms with Gasteiger partial charge in [-0.2, -0.15) is 9.97 Å². The van der Waals surface area contributed by atoms with Crippen LogP contribution in [0.5, 0.6) is 0 Å². The van der Waals surface area contributed by atoms with Gasteiger partial charge in [0.25, 0.3) is 0 Å². The van der Waals surface area contributed by atoms with Crippen molar-refractivity contribution < 1.29 is 0 Å². The van der Waals surface area contributed by atoms with Crippen LogP contribution < -0.4 is 10.6 Å². The smallest absolute Gasteiger partial charge is 0.226 e. The first-order valence-electron chi connectivity index (χ1n) is 6.58. The lowest BCUT2D eigenvalue weighted by Crippen LogP contribution is -2.10. The van der Waals surface area contributed by atoms with E-state index in [-0.39, 0.29) is 6.04 Å². The van der Waals surface area contributed by atoms with E-state index in [2.05, 4.69) is 65.6 Å². The van der Waals surface area contributed by atoms with E-state index in [4.69, 9.17) is 0 Å². The molecular formula is C14H15BrN6. The standard InChI is InChI=1S/C14H15BrN6/c1-8(9-4-3-5-10(15)6-9)19-13-11-12(18-7-17-11)20-14(16-2)21-13/h3-8H,1-2H3,(H3,16,17,18,19,20,21). The maximum absolute atomic E-state index is 4.46. The minimum absolute atomic E-state index is 0.105. The largest absolute Gasteiger partial charge is 0.362 e. The topological polar surface area (TPSA) is 78.5 Å². The molecule has 3 aromatic rings. The second-order valence-electron chi connectivity index (χ2n) is 4.67. The Morgan fingerprint density at radius 1 is 1.29 bits per heavy atom. The van der Waals surface area contributed by atoms with Gasteiger partial charge in [0, 0.05) is 11.5 Å². The fraction of sp³-hybridized carbons (Fsp3) is 0.214. The number of hydrogen-bond donors (Lipinski definition) is 3. The SMILES string of the molecule is CNc1nc(NC(C)c2cccc(Br)c2)c2[nH]cnc2n1. The Hall–Kier alpha value is -2.15. The predicted molar refractivity (Wildman–Crippen MR) is 87.4 cm³/mol. The fourth-order valence-electron chi connectivity index (χ4n) is 2.11. The van der Waals surface area contributed by atoms with Crippen molar-refractivity contribution in [3.05, 3.63) is 40.6 Å². The Kier molecular flexibility index (Phi) is 3.74. The van der Waals surface area contributed by atoms with Crippen molar-refractivity contribution in [2.45, 2.75) is 13.0 Å². The molecule has 0 saturated carbocycles. The maximum atomic E-state index is 4.46. The van der Waals surface area contributed by atoms with E-state index in [1.807, 2.05) is 12.1 Å². The van der Waals surface area contributed by atoms with Gasteiger partial charge in [0.15, 0.2) is 11.5 Å². The van der Waals surface area contributed by atoms with Crippen molar-refractivity contribution in [2.75, 3.05) is 17.7 Å². The highest BCUT2D eigenvalue weighted by molar-refractivity contribution is 9.10. The van der Waals surface area contributed by atoms with E-state index >= 15 is 0 Å². The van der Waals surface area contributed by atoms with Crippen LogP contribution in [-0.4, -0.2) is 27.0 Å². The minimum atomic E-state index is 0.105. The van der Waals surface area contributed by atoms with E-state index in [0.717, 1.165) is 15.8 Å². The second kappa shape index (κ2) is 5.69. The third-order valence-corrected chi connectivity index (χ3v) is 3.70. The summed E-state index contributed by atoms with van der Waals surface area (Å²) in [5.74, 6) is 1.27. The Labute approximate surface area is 130 Å². The molecule has 0 fully saturated rings. The van der Waals surface area contributed by atoms with E-state index in [0.29, 0.717) is 11.6 Å². The van der Waals surface area contributed by atoms with Crippen molar-refractivity contribution in [1.82, 2.24) is 19.9 Å². The number of imidazole rings is 1. The van der Waals surface area contributed by atoms with Crippen LogP contribution in [0.3, 0.4) is 0 Å². The summed E-state index contributed by atoms with van der Waals surface area (Å²) in [5, 5.41) is 6.35. The second-order valence-corrected chi connectivity index (χ2v) is 5.58. The first kappa shape index (κ1) is 13.8. The summed E-state index contributed by atoms with van der Waals surface area (Å²) >= 11 is 3.49. The number of halogens is 1. The van der Waals surface area contributed by atoms with Crippen LogP contribution >= 0.6 is 15.9 Å². The quantitative estimate of drug-likeness (QED) is 0.675. The highest BCUT2D eigenvalue weighted by Crippen LogP contribution is 2.25. The number of nitrogens with zero attached hydrogens (tertiary/aromatic N) is 3. The third-order valence-electron chi connectivity index (χ3n) is 3.21. The number of H-pyrrole nitrogens is 1. The van der Waals surface area contributed by atoms with Gasteiger partial charge in [-0.3, -0.25) is 0 Å². The average molecular weight is 347 g/mol. The molecule has 7 heteroatoms. The Morgan fingerprint density at radius 3 is 2.90 bits per heavy atom. The number of fused-ring (bicyclic) bond motifs is 1. The fourth-order valence-corrected chi connectivity index (χ4v) is 2.53. The summed E-state index contributed by atoms with van der Waals surface area (Å²) in [6.07, 6.45) is 1.62. The molecule has 0 bridgehead atoms. The van der Waals surface area contributed by atoms with Crippen molar-refractivity contribution in [1.29, 1.82) is 0 Å². The van der Waals surface area contributed by atoms with Crippen LogP contribution in [0.15, 0.2) is 35.1 Å². The van der Waals surface area contributed by atoms with Crippen LogP contribution in [0.1, 0.15) is 18.5 Å². The number of hydrogen-bond acceptors (Lipinski definition) is 5. The zero-order chi connectivity index (χ0) is 14.8. The van der Waals surface area contributed by atoms with Gasteiger partial charge in [0.2, 0.25) is 5.95 Å². The zero-order valence-corrected chi connectivity index (χ0v) is 13.3. The monoisotopic (exact) mass is 346 g/mol. The van der Waals surface area contributed by atoms with Crippen LogP contribution in [0.25, 0.3) is 11.2 Å². The predicted octanol–water partition coefficient (Wildman–Crippen LogP) is 3.33. The average Bonchev–Trinajstić information content (AvgIpc) is 2.95. The van der Waals surface area contributed by atoms with Gasteiger partial charge < -0.3 is 15.6 Å². The summed E-state index contributed by atoms with van der Waals surface area (Å²) in [4.78, 5) is 16.0. The molecule has 1 aromatic carbocycles. The van der Waals surface area contributed by atoms with E-state index < -0.39 is 0 Å². The van der Waals surface area contributed by atoms with Crippen LogP contribution in [0.4, 0.5) is 11.8 Å². The molecule has 0 amide bonds. The molecule has 0 spiro atoms. The van der Waals surface area contributed by atoms with Gasteiger partial charge in [-0.05, 0) is 24.6 Å². The van der Waals surface area contributed by atoms with Gasteiger partial charge in [-0.1, -0.05) is 28.1 Å². The number of anilines is 2. The van der Waals surface area contributed by atoms with Gasteiger partial charge in [0.05, 0.1) is 12.4 Å². The molecule has 2 aromatic heterocycles. The first-order valence-corrected chi connectivity index (χ1v) is 7.37. The maximum Gasteiger partial charge on any atom is 0.226 e. The van der Waals surface area contributed by atoms with Crippen LogP contribution in [0, 0.1) is 0 Å². The molecule has 0 aliphatic carbocycles. The van der Waals surface area contributed by atoms with Crippen molar-refractivity contribution in [3.63, 3.8) is 0 Å². The molecule has 108 valence electrons. The highest BCUT2D eigenvalue weighted by Gasteiger charge is 2.13. The number of benzene rings is 1. The molecule has 1 atom stereocenters. The Morgan fingerprint density at radius 2 is 2.14 bits per heavy atom. The first-order chi connectivity index (χ1) is 10.2. The summed E-state index contributed by atoms with van der Waals surface area (Å²) in [7, 11) is 1.79. The Balaban J connectivity index is 1.95. The zero-order valence-electron chi connectivity index (χ0n) is 11.7. The highest BCUT2D eigenvalue weighted by atomic mass is 79.9. The molecule has 6 nitrogen and oxygen atoms in total. The third kappa shape index (κ3) is 2.82. The lowest BCUT2D eigenvalue weighted by Gasteiger charge is -2.16. The summed E-state index contributed by atoms with van der Waals surface area (Å²) < 4.78 is 1.05. The molecule has 21 heavy (non-hydrogen) atoms. The van der Waals surface area contributed by atoms with E-state index in [1.165, 1.54) is 5.56 Å². The van der Waals surface area contributed by atoms with E-state index in [9.17, 15) is 0 Å². The molecule has 3 rings (SSSR count). The van der Waals surface area contributed by atoms with Gasteiger partial charge in [-0.15, -0.1) is 0 Å². The number of aromatic amines is 1. The number of rotatable bonds is 4. The molecule has 0 radical (unpaired) electrons. The molecule has 2 heterocycles. The van der Waals surface area contributed by atoms with Crippen LogP contribution in [-0.2, 0) is 0 Å². The van der Waals surface area contributed by atoms with Crippen LogP contribution in [0.2, 0.25) is 0 Å².